The molecule has 0 aliphatic carbocycles. The zero-order valence-electron chi connectivity index (χ0n) is 10.3. The molecule has 8 heteroatoms. The molecule has 1 N–H and O–H groups in total. The lowest BCUT2D eigenvalue weighted by atomic mass is 10.3. The van der Waals surface area contributed by atoms with Crippen LogP contribution in [0.2, 0.25) is 5.02 Å². The predicted molar refractivity (Wildman–Crippen MR) is 80.7 cm³/mol. The molecule has 0 amide bonds. The molecule has 2 aromatic rings. The SMILES string of the molecule is COc1ccc(Br)cc1NS(=O)(=O)c1cnccc1Cl. The number of nitrogens with zero attached hydrogens (tertiary/aromatic N) is 1. The predicted octanol–water partition coefficient (Wildman–Crippen LogP) is 3.31. The van der Waals surface area contributed by atoms with Crippen molar-refractivity contribution in [3.05, 3.63) is 46.2 Å². The average molecular weight is 378 g/mol. The molecule has 0 saturated carbocycles. The van der Waals surface area contributed by atoms with E-state index in [0.29, 0.717) is 15.9 Å². The van der Waals surface area contributed by atoms with Crippen LogP contribution in [0.25, 0.3) is 0 Å². The summed E-state index contributed by atoms with van der Waals surface area (Å²) in [5, 5.41) is 0.0986. The van der Waals surface area contributed by atoms with E-state index in [4.69, 9.17) is 16.3 Å². The fourth-order valence-electron chi connectivity index (χ4n) is 1.52. The summed E-state index contributed by atoms with van der Waals surface area (Å²) in [6, 6.07) is 6.40. The molecule has 0 saturated heterocycles. The van der Waals surface area contributed by atoms with Gasteiger partial charge in [-0.15, -0.1) is 0 Å². The number of hydrogen-bond acceptors (Lipinski definition) is 4. The van der Waals surface area contributed by atoms with Gasteiger partial charge in [0.05, 0.1) is 17.8 Å². The zero-order chi connectivity index (χ0) is 14.8. The Bertz CT molecular complexity index is 737. The van der Waals surface area contributed by atoms with Crippen molar-refractivity contribution in [1.29, 1.82) is 0 Å². The van der Waals surface area contributed by atoms with Gasteiger partial charge in [0, 0.05) is 16.9 Å². The smallest absolute Gasteiger partial charge is 0.265 e. The summed E-state index contributed by atoms with van der Waals surface area (Å²) in [7, 11) is -2.38. The monoisotopic (exact) mass is 376 g/mol. The number of pyridine rings is 1. The van der Waals surface area contributed by atoms with Crippen LogP contribution in [0.5, 0.6) is 5.75 Å². The van der Waals surface area contributed by atoms with Gasteiger partial charge in [-0.3, -0.25) is 9.71 Å². The summed E-state index contributed by atoms with van der Waals surface area (Å²) in [6.07, 6.45) is 2.61. The number of aromatic nitrogens is 1. The Morgan fingerprint density at radius 2 is 2.10 bits per heavy atom. The molecule has 2 rings (SSSR count). The molecule has 1 aromatic heterocycles. The van der Waals surface area contributed by atoms with Crippen LogP contribution >= 0.6 is 27.5 Å². The average Bonchev–Trinajstić information content (AvgIpc) is 2.39. The third-order valence-electron chi connectivity index (χ3n) is 2.43. The number of rotatable bonds is 4. The molecule has 0 aliphatic rings. The standard InChI is InChI=1S/C12H10BrClN2O3S/c1-19-11-3-2-8(13)6-10(11)16-20(17,18)12-7-15-5-4-9(12)14/h2-7,16H,1H3. The van der Waals surface area contributed by atoms with Crippen LogP contribution in [-0.4, -0.2) is 20.5 Å². The van der Waals surface area contributed by atoms with Gasteiger partial charge in [0.15, 0.2) is 0 Å². The summed E-state index contributed by atoms with van der Waals surface area (Å²) in [4.78, 5) is 3.68. The van der Waals surface area contributed by atoms with Crippen LogP contribution in [0.3, 0.4) is 0 Å². The first-order valence-electron chi connectivity index (χ1n) is 5.40. The second-order valence-corrected chi connectivity index (χ2v) is 6.73. The lowest BCUT2D eigenvalue weighted by Gasteiger charge is -2.12. The molecule has 0 fully saturated rings. The third-order valence-corrected chi connectivity index (χ3v) is 4.76. The summed E-state index contributed by atoms with van der Waals surface area (Å²) in [5.74, 6) is 0.400. The van der Waals surface area contributed by atoms with E-state index in [1.165, 1.54) is 25.6 Å². The maximum Gasteiger partial charge on any atom is 0.265 e. The maximum atomic E-state index is 12.3. The Kier molecular flexibility index (Phi) is 4.52. The maximum absolute atomic E-state index is 12.3. The van der Waals surface area contributed by atoms with Crippen LogP contribution in [-0.2, 0) is 10.0 Å². The number of anilines is 1. The fourth-order valence-corrected chi connectivity index (χ4v) is 3.37. The molecule has 0 bridgehead atoms. The molecular weight excluding hydrogens is 368 g/mol. The molecule has 1 heterocycles. The molecule has 20 heavy (non-hydrogen) atoms. The molecule has 106 valence electrons. The molecule has 0 atom stereocenters. The second-order valence-electron chi connectivity index (χ2n) is 3.76. The summed E-state index contributed by atoms with van der Waals surface area (Å²) >= 11 is 9.16. The van der Waals surface area contributed by atoms with Crippen LogP contribution in [0.1, 0.15) is 0 Å². The van der Waals surface area contributed by atoms with Gasteiger partial charge in [-0.2, -0.15) is 0 Å². The van der Waals surface area contributed by atoms with Gasteiger partial charge < -0.3 is 4.74 Å². The topological polar surface area (TPSA) is 68.3 Å². The number of methoxy groups -OCH3 is 1. The van der Waals surface area contributed by atoms with E-state index in [1.54, 1.807) is 18.2 Å². The quantitative estimate of drug-likeness (QED) is 0.887. The van der Waals surface area contributed by atoms with E-state index in [-0.39, 0.29) is 9.92 Å². The van der Waals surface area contributed by atoms with Crippen molar-refractivity contribution < 1.29 is 13.2 Å². The molecule has 0 aliphatic heterocycles. The third kappa shape index (κ3) is 3.23. The van der Waals surface area contributed by atoms with E-state index in [0.717, 1.165) is 0 Å². The van der Waals surface area contributed by atoms with Crippen molar-refractivity contribution in [2.24, 2.45) is 0 Å². The van der Waals surface area contributed by atoms with Crippen LogP contribution in [0.4, 0.5) is 5.69 Å². The van der Waals surface area contributed by atoms with Crippen molar-refractivity contribution >= 4 is 43.2 Å². The molecule has 0 radical (unpaired) electrons. The zero-order valence-corrected chi connectivity index (χ0v) is 13.5. The van der Waals surface area contributed by atoms with Gasteiger partial charge in [-0.1, -0.05) is 27.5 Å². The molecule has 5 nitrogen and oxygen atoms in total. The molecular formula is C12H10BrClN2O3S. The number of ether oxygens (including phenoxy) is 1. The number of benzene rings is 1. The van der Waals surface area contributed by atoms with Crippen molar-refractivity contribution in [2.45, 2.75) is 4.90 Å². The highest BCUT2D eigenvalue weighted by molar-refractivity contribution is 9.10. The lowest BCUT2D eigenvalue weighted by molar-refractivity contribution is 0.417. The van der Waals surface area contributed by atoms with Crippen LogP contribution in [0.15, 0.2) is 46.0 Å². The van der Waals surface area contributed by atoms with E-state index in [2.05, 4.69) is 25.6 Å². The largest absolute Gasteiger partial charge is 0.495 e. The number of sulfonamides is 1. The highest BCUT2D eigenvalue weighted by Crippen LogP contribution is 2.31. The fraction of sp³-hybridized carbons (Fsp3) is 0.0833. The van der Waals surface area contributed by atoms with Gasteiger partial charge >= 0.3 is 0 Å². The minimum absolute atomic E-state index is 0.0938. The minimum Gasteiger partial charge on any atom is -0.495 e. The molecule has 0 spiro atoms. The highest BCUT2D eigenvalue weighted by atomic mass is 79.9. The van der Waals surface area contributed by atoms with Crippen LogP contribution < -0.4 is 9.46 Å². The second kappa shape index (κ2) is 5.99. The molecule has 0 unspecified atom stereocenters. The normalized spacial score (nSPS) is 11.2. The van der Waals surface area contributed by atoms with E-state index >= 15 is 0 Å². The summed E-state index contributed by atoms with van der Waals surface area (Å²) in [6.45, 7) is 0. The van der Waals surface area contributed by atoms with Crippen molar-refractivity contribution in [2.75, 3.05) is 11.8 Å². The van der Waals surface area contributed by atoms with E-state index < -0.39 is 10.0 Å². The summed E-state index contributed by atoms with van der Waals surface area (Å²) in [5.41, 5.74) is 0.307. The Labute approximate surface area is 130 Å². The lowest BCUT2D eigenvalue weighted by Crippen LogP contribution is -2.14. The van der Waals surface area contributed by atoms with Crippen molar-refractivity contribution in [1.82, 2.24) is 4.98 Å². The minimum atomic E-state index is -3.84. The Morgan fingerprint density at radius 3 is 2.75 bits per heavy atom. The van der Waals surface area contributed by atoms with Gasteiger partial charge in [-0.05, 0) is 24.3 Å². The first kappa shape index (κ1) is 15.1. The Hall–Kier alpha value is -1.31. The Balaban J connectivity index is 2.44. The first-order chi connectivity index (χ1) is 9.44. The van der Waals surface area contributed by atoms with E-state index in [9.17, 15) is 8.42 Å². The van der Waals surface area contributed by atoms with Crippen LogP contribution in [0, 0.1) is 0 Å². The van der Waals surface area contributed by atoms with Gasteiger partial charge in [0.1, 0.15) is 10.6 Å². The Morgan fingerprint density at radius 1 is 1.35 bits per heavy atom. The van der Waals surface area contributed by atoms with Crippen molar-refractivity contribution in [3.8, 4) is 5.75 Å². The van der Waals surface area contributed by atoms with E-state index in [1.807, 2.05) is 0 Å². The summed E-state index contributed by atoms with van der Waals surface area (Å²) < 4.78 is 32.9. The number of hydrogen-bond donors (Lipinski definition) is 1. The van der Waals surface area contributed by atoms with Gasteiger partial charge in [-0.25, -0.2) is 8.42 Å². The number of nitrogens with one attached hydrogen (secondary N) is 1. The highest BCUT2D eigenvalue weighted by Gasteiger charge is 2.20. The number of halogens is 2. The van der Waals surface area contributed by atoms with Gasteiger partial charge in [0.2, 0.25) is 0 Å². The first-order valence-corrected chi connectivity index (χ1v) is 8.05. The van der Waals surface area contributed by atoms with Crippen molar-refractivity contribution in [3.63, 3.8) is 0 Å². The van der Waals surface area contributed by atoms with Gasteiger partial charge in [0.25, 0.3) is 10.0 Å². The molecule has 1 aromatic carbocycles.